The molecule has 1 aliphatic carbocycles. The Labute approximate surface area is 175 Å². The number of carbonyl (C=O) groups is 1. The van der Waals surface area contributed by atoms with Crippen molar-refractivity contribution in [2.45, 2.75) is 31.7 Å². The Bertz CT molecular complexity index is 802. The molecule has 2 aromatic rings. The van der Waals surface area contributed by atoms with Crippen molar-refractivity contribution in [2.24, 2.45) is 5.92 Å². The lowest BCUT2D eigenvalue weighted by Gasteiger charge is -2.29. The Morgan fingerprint density at radius 2 is 1.82 bits per heavy atom. The van der Waals surface area contributed by atoms with Gasteiger partial charge in [-0.15, -0.1) is 0 Å². The van der Waals surface area contributed by atoms with Crippen molar-refractivity contribution < 1.29 is 4.79 Å². The molecule has 1 amide bonds. The third-order valence-electron chi connectivity index (χ3n) is 4.96. The molecule has 1 aromatic carbocycles. The summed E-state index contributed by atoms with van der Waals surface area (Å²) < 4.78 is 0. The first kappa shape index (κ1) is 20.7. The van der Waals surface area contributed by atoms with E-state index < -0.39 is 0 Å². The molecule has 0 bridgehead atoms. The van der Waals surface area contributed by atoms with Crippen LogP contribution in [0, 0.1) is 5.92 Å². The van der Waals surface area contributed by atoms with Crippen molar-refractivity contribution in [1.82, 2.24) is 15.3 Å². The van der Waals surface area contributed by atoms with Gasteiger partial charge < -0.3 is 15.5 Å². The Morgan fingerprint density at radius 1 is 1.14 bits per heavy atom. The second-order valence-corrected chi connectivity index (χ2v) is 8.24. The van der Waals surface area contributed by atoms with Crippen LogP contribution in [0.4, 0.5) is 11.8 Å². The molecule has 0 radical (unpaired) electrons. The van der Waals surface area contributed by atoms with E-state index in [1.165, 1.54) is 0 Å². The predicted octanol–water partition coefficient (Wildman–Crippen LogP) is 4.25. The first-order chi connectivity index (χ1) is 13.4. The zero-order chi connectivity index (χ0) is 20.1. The van der Waals surface area contributed by atoms with E-state index in [1.807, 2.05) is 25.1 Å². The molecule has 8 heteroatoms. The maximum Gasteiger partial charge on any atom is 0.251 e. The fourth-order valence-corrected chi connectivity index (χ4v) is 3.91. The molecule has 150 valence electrons. The van der Waals surface area contributed by atoms with Gasteiger partial charge in [0.25, 0.3) is 5.91 Å². The largest absolute Gasteiger partial charge is 0.363 e. The van der Waals surface area contributed by atoms with Crippen LogP contribution in [0.25, 0.3) is 0 Å². The monoisotopic (exact) mass is 421 g/mol. The van der Waals surface area contributed by atoms with Crippen LogP contribution in [0.5, 0.6) is 0 Å². The van der Waals surface area contributed by atoms with E-state index in [0.29, 0.717) is 40.1 Å². The van der Waals surface area contributed by atoms with Crippen molar-refractivity contribution in [3.63, 3.8) is 0 Å². The van der Waals surface area contributed by atoms with E-state index in [9.17, 15) is 4.79 Å². The van der Waals surface area contributed by atoms with E-state index in [4.69, 9.17) is 23.2 Å². The van der Waals surface area contributed by atoms with E-state index in [2.05, 4.69) is 20.6 Å². The van der Waals surface area contributed by atoms with E-state index in [0.717, 1.165) is 31.5 Å². The summed E-state index contributed by atoms with van der Waals surface area (Å²) >= 11 is 11.9. The van der Waals surface area contributed by atoms with Gasteiger partial charge in [-0.1, -0.05) is 23.2 Å². The number of halogens is 2. The Balaban J connectivity index is 1.45. The minimum atomic E-state index is -0.140. The normalized spacial score (nSPS) is 19.1. The maximum atomic E-state index is 12.3. The highest BCUT2D eigenvalue weighted by Crippen LogP contribution is 2.26. The van der Waals surface area contributed by atoms with Crippen molar-refractivity contribution in [1.29, 1.82) is 0 Å². The van der Waals surface area contributed by atoms with E-state index in [1.54, 1.807) is 24.4 Å². The molecule has 1 fully saturated rings. The molecule has 6 nitrogen and oxygen atoms in total. The highest BCUT2D eigenvalue weighted by Gasteiger charge is 2.22. The van der Waals surface area contributed by atoms with Gasteiger partial charge in [0.2, 0.25) is 5.95 Å². The molecule has 0 saturated heterocycles. The zero-order valence-corrected chi connectivity index (χ0v) is 17.6. The highest BCUT2D eigenvalue weighted by molar-refractivity contribution is 6.35. The second-order valence-electron chi connectivity index (χ2n) is 7.36. The molecular weight excluding hydrogens is 397 g/mol. The summed E-state index contributed by atoms with van der Waals surface area (Å²) in [4.78, 5) is 23.1. The van der Waals surface area contributed by atoms with Crippen molar-refractivity contribution >= 4 is 40.9 Å². The third-order valence-corrected chi connectivity index (χ3v) is 5.39. The van der Waals surface area contributed by atoms with Crippen molar-refractivity contribution in [3.05, 3.63) is 46.1 Å². The van der Waals surface area contributed by atoms with Crippen LogP contribution in [0.15, 0.2) is 30.5 Å². The van der Waals surface area contributed by atoms with Gasteiger partial charge in [0.05, 0.1) is 0 Å². The van der Waals surface area contributed by atoms with Crippen LogP contribution in [-0.4, -0.2) is 42.6 Å². The third kappa shape index (κ3) is 5.72. The van der Waals surface area contributed by atoms with Gasteiger partial charge >= 0.3 is 0 Å². The van der Waals surface area contributed by atoms with Crippen molar-refractivity contribution in [3.8, 4) is 0 Å². The lowest BCUT2D eigenvalue weighted by molar-refractivity contribution is 0.0943. The summed E-state index contributed by atoms with van der Waals surface area (Å²) in [5.41, 5.74) is 0.491. The Kier molecular flexibility index (Phi) is 6.97. The number of hydrogen-bond donors (Lipinski definition) is 2. The van der Waals surface area contributed by atoms with Gasteiger partial charge in [-0.05, 0) is 55.9 Å². The predicted molar refractivity (Wildman–Crippen MR) is 115 cm³/mol. The molecule has 1 saturated carbocycles. The second kappa shape index (κ2) is 9.43. The Morgan fingerprint density at radius 3 is 2.46 bits per heavy atom. The van der Waals surface area contributed by atoms with Gasteiger partial charge in [-0.3, -0.25) is 4.79 Å². The lowest BCUT2D eigenvalue weighted by Crippen LogP contribution is -2.34. The first-order valence-electron chi connectivity index (χ1n) is 9.42. The number of aromatic nitrogens is 2. The zero-order valence-electron chi connectivity index (χ0n) is 16.1. The fourth-order valence-electron chi connectivity index (χ4n) is 3.39. The van der Waals surface area contributed by atoms with Gasteiger partial charge in [0, 0.05) is 48.5 Å². The quantitative estimate of drug-likeness (QED) is 0.729. The van der Waals surface area contributed by atoms with Crippen LogP contribution < -0.4 is 15.5 Å². The average Bonchev–Trinajstić information content (AvgIpc) is 2.66. The van der Waals surface area contributed by atoms with Crippen LogP contribution in [0.2, 0.25) is 10.0 Å². The number of nitrogens with one attached hydrogen (secondary N) is 2. The summed E-state index contributed by atoms with van der Waals surface area (Å²) in [6.45, 7) is 0.655. The minimum Gasteiger partial charge on any atom is -0.363 e. The molecule has 0 unspecified atom stereocenters. The summed E-state index contributed by atoms with van der Waals surface area (Å²) in [6.07, 6.45) is 5.91. The summed E-state index contributed by atoms with van der Waals surface area (Å²) in [5.74, 6) is 1.88. The van der Waals surface area contributed by atoms with Crippen LogP contribution in [-0.2, 0) is 0 Å². The molecule has 3 rings (SSSR count). The highest BCUT2D eigenvalue weighted by atomic mass is 35.5. The minimum absolute atomic E-state index is 0.140. The summed E-state index contributed by atoms with van der Waals surface area (Å²) in [7, 11) is 3.92. The molecule has 0 aliphatic heterocycles. The molecule has 1 heterocycles. The topological polar surface area (TPSA) is 70.2 Å². The number of hydrogen-bond acceptors (Lipinski definition) is 5. The van der Waals surface area contributed by atoms with Gasteiger partial charge in [0.1, 0.15) is 5.82 Å². The lowest BCUT2D eigenvalue weighted by atomic mass is 9.86. The number of anilines is 2. The van der Waals surface area contributed by atoms with Crippen LogP contribution >= 0.6 is 23.2 Å². The average molecular weight is 422 g/mol. The van der Waals surface area contributed by atoms with Gasteiger partial charge in [-0.2, -0.15) is 4.98 Å². The molecule has 28 heavy (non-hydrogen) atoms. The maximum absolute atomic E-state index is 12.3. The standard InChI is InChI=1S/C20H25Cl2N5O/c1-27(2)18-7-8-23-20(26-18)25-17-5-3-13(4-6-17)12-24-19(28)14-9-15(21)11-16(22)10-14/h7-11,13,17H,3-6,12H2,1-2H3,(H,24,28)(H,23,25,26)/t13-,17+. The Hall–Kier alpha value is -2.05. The number of amides is 1. The molecule has 1 aliphatic rings. The summed E-state index contributed by atoms with van der Waals surface area (Å²) in [6, 6.07) is 7.12. The number of rotatable bonds is 6. The molecular formula is C20H25Cl2N5O. The fraction of sp³-hybridized carbons (Fsp3) is 0.450. The van der Waals surface area contributed by atoms with Crippen LogP contribution in [0.3, 0.4) is 0 Å². The number of nitrogens with zero attached hydrogens (tertiary/aromatic N) is 3. The smallest absolute Gasteiger partial charge is 0.251 e. The number of benzene rings is 1. The SMILES string of the molecule is CN(C)c1ccnc(N[C@H]2CC[C@@H](CNC(=O)c3cc(Cl)cc(Cl)c3)CC2)n1. The van der Waals surface area contributed by atoms with Crippen LogP contribution in [0.1, 0.15) is 36.0 Å². The van der Waals surface area contributed by atoms with Gasteiger partial charge in [-0.25, -0.2) is 4.98 Å². The molecule has 0 atom stereocenters. The van der Waals surface area contributed by atoms with E-state index >= 15 is 0 Å². The summed E-state index contributed by atoms with van der Waals surface area (Å²) in [5, 5.41) is 7.36. The number of carbonyl (C=O) groups excluding carboxylic acids is 1. The van der Waals surface area contributed by atoms with Crippen molar-refractivity contribution in [2.75, 3.05) is 30.9 Å². The van der Waals surface area contributed by atoms with E-state index in [-0.39, 0.29) is 5.91 Å². The first-order valence-corrected chi connectivity index (χ1v) is 10.2. The molecule has 1 aromatic heterocycles. The molecule has 2 N–H and O–H groups in total. The van der Waals surface area contributed by atoms with Gasteiger partial charge in [0.15, 0.2) is 0 Å². The molecule has 0 spiro atoms.